The number of aromatic amines is 2. The van der Waals surface area contributed by atoms with Gasteiger partial charge >= 0.3 is 0 Å². The van der Waals surface area contributed by atoms with Crippen molar-refractivity contribution in [1.29, 1.82) is 0 Å². The molecule has 1 heterocycles. The molecule has 3 aromatic rings. The summed E-state index contributed by atoms with van der Waals surface area (Å²) in [6, 6.07) is 12.5. The molecule has 0 saturated carbocycles. The van der Waals surface area contributed by atoms with Crippen molar-refractivity contribution in [2.24, 2.45) is 0 Å². The molecule has 0 bridgehead atoms. The summed E-state index contributed by atoms with van der Waals surface area (Å²) < 4.78 is 36.6. The van der Waals surface area contributed by atoms with Crippen molar-refractivity contribution in [1.82, 2.24) is 9.97 Å². The zero-order valence-corrected chi connectivity index (χ0v) is 13.8. The minimum absolute atomic E-state index is 0.249. The molecule has 0 amide bonds. The Labute approximate surface area is 137 Å². The Morgan fingerprint density at radius 2 is 1.30 bits per heavy atom. The number of halogens is 1. The van der Waals surface area contributed by atoms with E-state index in [1.807, 2.05) is 0 Å². The van der Waals surface area contributed by atoms with Gasteiger partial charge in [-0.2, -0.15) is 0 Å². The van der Waals surface area contributed by atoms with E-state index in [0.717, 1.165) is 28.8 Å². The number of hydrogen-bond donors (Lipinski definition) is 2. The number of aromatic nitrogens is 2. The third-order valence-corrected chi connectivity index (χ3v) is 4.76. The summed E-state index contributed by atoms with van der Waals surface area (Å²) >= 11 is 5.15. The normalized spacial score (nSPS) is 11.6. The average molecular weight is 348 g/mol. The van der Waals surface area contributed by atoms with Crippen LogP contribution in [0.3, 0.4) is 0 Å². The van der Waals surface area contributed by atoms with Gasteiger partial charge in [0.25, 0.3) is 0 Å². The number of benzene rings is 2. The Hall–Kier alpha value is -2.25. The maximum Gasteiger partial charge on any atom is 0.175 e. The fourth-order valence-corrected chi connectivity index (χ4v) is 3.14. The van der Waals surface area contributed by atoms with Crippen molar-refractivity contribution in [3.63, 3.8) is 0 Å². The van der Waals surface area contributed by atoms with Crippen LogP contribution in [0.4, 0.5) is 4.39 Å². The Morgan fingerprint density at radius 3 is 1.74 bits per heavy atom. The van der Waals surface area contributed by atoms with Crippen LogP contribution in [0.5, 0.6) is 0 Å². The van der Waals surface area contributed by atoms with Gasteiger partial charge in [0.1, 0.15) is 5.82 Å². The first-order chi connectivity index (χ1) is 10.8. The van der Waals surface area contributed by atoms with Crippen molar-refractivity contribution in [3.05, 3.63) is 59.1 Å². The molecule has 0 spiro atoms. The zero-order valence-electron chi connectivity index (χ0n) is 12.1. The first-order valence-electron chi connectivity index (χ1n) is 6.73. The minimum atomic E-state index is -3.24. The highest BCUT2D eigenvalue weighted by Gasteiger charge is 2.12. The largest absolute Gasteiger partial charge is 0.330 e. The average Bonchev–Trinajstić information content (AvgIpc) is 2.89. The number of sulfone groups is 1. The second-order valence-corrected chi connectivity index (χ2v) is 7.56. The summed E-state index contributed by atoms with van der Waals surface area (Å²) in [5, 5.41) is 0. The number of imidazole rings is 1. The van der Waals surface area contributed by atoms with Crippen LogP contribution >= 0.6 is 12.2 Å². The van der Waals surface area contributed by atoms with E-state index in [1.54, 1.807) is 36.4 Å². The molecule has 0 aliphatic carbocycles. The lowest BCUT2D eigenvalue weighted by Crippen LogP contribution is -1.96. The minimum Gasteiger partial charge on any atom is -0.330 e. The van der Waals surface area contributed by atoms with E-state index in [1.165, 1.54) is 12.1 Å². The van der Waals surface area contributed by atoms with E-state index in [0.29, 0.717) is 4.77 Å². The van der Waals surface area contributed by atoms with Gasteiger partial charge in [-0.1, -0.05) is 12.1 Å². The molecule has 2 N–H and O–H groups in total. The van der Waals surface area contributed by atoms with Crippen LogP contribution in [0.25, 0.3) is 22.5 Å². The fourth-order valence-electron chi connectivity index (χ4n) is 2.30. The second-order valence-electron chi connectivity index (χ2n) is 5.13. The maximum absolute atomic E-state index is 13.1. The number of rotatable bonds is 3. The van der Waals surface area contributed by atoms with E-state index < -0.39 is 9.84 Å². The lowest BCUT2D eigenvalue weighted by Gasteiger charge is -2.05. The molecule has 118 valence electrons. The Balaban J connectivity index is 2.10. The van der Waals surface area contributed by atoms with E-state index in [2.05, 4.69) is 9.97 Å². The van der Waals surface area contributed by atoms with E-state index in [4.69, 9.17) is 12.2 Å². The van der Waals surface area contributed by atoms with E-state index >= 15 is 0 Å². The van der Waals surface area contributed by atoms with Crippen molar-refractivity contribution in [3.8, 4) is 22.5 Å². The van der Waals surface area contributed by atoms with Gasteiger partial charge < -0.3 is 9.97 Å². The molecule has 0 saturated heterocycles. The van der Waals surface area contributed by atoms with Crippen LogP contribution in [0.15, 0.2) is 53.4 Å². The lowest BCUT2D eigenvalue weighted by atomic mass is 10.1. The molecule has 0 aliphatic rings. The van der Waals surface area contributed by atoms with Gasteiger partial charge in [0, 0.05) is 17.4 Å². The Kier molecular flexibility index (Phi) is 3.91. The summed E-state index contributed by atoms with van der Waals surface area (Å²) in [4.78, 5) is 6.34. The van der Waals surface area contributed by atoms with Gasteiger partial charge in [0.2, 0.25) is 0 Å². The molecule has 0 aliphatic heterocycles. The van der Waals surface area contributed by atoms with Crippen LogP contribution < -0.4 is 0 Å². The predicted octanol–water partition coefficient (Wildman–Crippen LogP) is 3.95. The van der Waals surface area contributed by atoms with Crippen molar-refractivity contribution in [2.45, 2.75) is 4.90 Å². The topological polar surface area (TPSA) is 65.7 Å². The second kappa shape index (κ2) is 5.75. The van der Waals surface area contributed by atoms with Gasteiger partial charge in [-0.3, -0.25) is 0 Å². The number of H-pyrrole nitrogens is 2. The van der Waals surface area contributed by atoms with E-state index in [9.17, 15) is 12.8 Å². The summed E-state index contributed by atoms with van der Waals surface area (Å²) in [5.41, 5.74) is 3.01. The van der Waals surface area contributed by atoms with Crippen LogP contribution in [0.2, 0.25) is 0 Å². The Morgan fingerprint density at radius 1 is 0.870 bits per heavy atom. The zero-order chi connectivity index (χ0) is 16.6. The molecule has 1 aromatic heterocycles. The monoisotopic (exact) mass is 348 g/mol. The highest BCUT2D eigenvalue weighted by Crippen LogP contribution is 2.30. The molecule has 4 nitrogen and oxygen atoms in total. The quantitative estimate of drug-likeness (QED) is 0.705. The molecule has 3 rings (SSSR count). The van der Waals surface area contributed by atoms with Crippen molar-refractivity contribution < 1.29 is 12.8 Å². The summed E-state index contributed by atoms with van der Waals surface area (Å²) in [7, 11) is -3.24. The smallest absolute Gasteiger partial charge is 0.175 e. The van der Waals surface area contributed by atoms with Crippen LogP contribution in [-0.4, -0.2) is 24.6 Å². The molecule has 7 heteroatoms. The summed E-state index contributed by atoms with van der Waals surface area (Å²) in [5.74, 6) is -0.318. The number of nitrogens with one attached hydrogen (secondary N) is 2. The first kappa shape index (κ1) is 15.6. The van der Waals surface area contributed by atoms with Crippen LogP contribution in [0, 0.1) is 10.6 Å². The summed E-state index contributed by atoms with van der Waals surface area (Å²) in [6.07, 6.45) is 1.16. The van der Waals surface area contributed by atoms with Gasteiger partial charge in [-0.05, 0) is 48.6 Å². The third kappa shape index (κ3) is 3.25. The van der Waals surface area contributed by atoms with Gasteiger partial charge in [0.05, 0.1) is 16.3 Å². The molecule has 0 fully saturated rings. The summed E-state index contributed by atoms with van der Waals surface area (Å²) in [6.45, 7) is 0. The SMILES string of the molecule is CS(=O)(=O)c1ccc(-c2[nH]c(=S)[nH]c2-c2ccc(F)cc2)cc1. The van der Waals surface area contributed by atoms with Crippen molar-refractivity contribution in [2.75, 3.05) is 6.26 Å². The highest BCUT2D eigenvalue weighted by atomic mass is 32.2. The molecule has 0 atom stereocenters. The van der Waals surface area contributed by atoms with Crippen LogP contribution in [-0.2, 0) is 9.84 Å². The van der Waals surface area contributed by atoms with Gasteiger partial charge in [-0.15, -0.1) is 0 Å². The first-order valence-corrected chi connectivity index (χ1v) is 9.03. The molecule has 0 unspecified atom stereocenters. The van der Waals surface area contributed by atoms with Gasteiger partial charge in [0.15, 0.2) is 14.6 Å². The van der Waals surface area contributed by atoms with Crippen molar-refractivity contribution >= 4 is 22.1 Å². The van der Waals surface area contributed by atoms with E-state index in [-0.39, 0.29) is 10.7 Å². The number of hydrogen-bond acceptors (Lipinski definition) is 3. The predicted molar refractivity (Wildman–Crippen MR) is 89.9 cm³/mol. The highest BCUT2D eigenvalue weighted by molar-refractivity contribution is 7.90. The molecule has 2 aromatic carbocycles. The standard InChI is InChI=1S/C16H13FN2O2S2/c1-23(20,21)13-8-4-11(5-9-13)15-14(18-16(22)19-15)10-2-6-12(17)7-3-10/h2-9H,1H3,(H2,18,19,22). The molecule has 0 radical (unpaired) electrons. The lowest BCUT2D eigenvalue weighted by molar-refractivity contribution is 0.602. The molecule has 23 heavy (non-hydrogen) atoms. The maximum atomic E-state index is 13.1. The Bertz CT molecular complexity index is 1000. The van der Waals surface area contributed by atoms with Crippen LogP contribution in [0.1, 0.15) is 0 Å². The third-order valence-electron chi connectivity index (χ3n) is 3.43. The fraction of sp³-hybridized carbons (Fsp3) is 0.0625. The van der Waals surface area contributed by atoms with Gasteiger partial charge in [-0.25, -0.2) is 12.8 Å². The molecular formula is C16H13FN2O2S2. The molecular weight excluding hydrogens is 335 g/mol.